The normalized spacial score (nSPS) is 18.5. The maximum Gasteiger partial charge on any atom is 0.394 e. The number of rotatable bonds is 1. The number of nitrogens with two attached hydrogens (primary N) is 1. The summed E-state index contributed by atoms with van der Waals surface area (Å²) < 4.78 is 0. The number of nitrogens with one attached hydrogen (secondary N) is 2. The Labute approximate surface area is 83.5 Å². The van der Waals surface area contributed by atoms with E-state index >= 15 is 0 Å². The number of quaternary nitrogens is 1. The highest BCUT2D eigenvalue weighted by Gasteiger charge is 2.24. The van der Waals surface area contributed by atoms with E-state index in [4.69, 9.17) is 5.73 Å². The van der Waals surface area contributed by atoms with Gasteiger partial charge in [-0.3, -0.25) is 4.90 Å². The molecule has 0 aromatic carbocycles. The van der Waals surface area contributed by atoms with Crippen molar-refractivity contribution in [1.82, 2.24) is 4.98 Å². The minimum Gasteiger partial charge on any atom is -0.370 e. The Morgan fingerprint density at radius 1 is 1.50 bits per heavy atom. The second-order valence-corrected chi connectivity index (χ2v) is 3.78. The Kier molecular flexibility index (Phi) is 2.49. The van der Waals surface area contributed by atoms with Crippen LogP contribution < -0.4 is 20.5 Å². The highest BCUT2D eigenvalue weighted by Crippen LogP contribution is 2.04. The lowest BCUT2D eigenvalue weighted by atomic mass is 10.3. The number of aromatic nitrogens is 2. The Morgan fingerprint density at radius 3 is 2.86 bits per heavy atom. The third-order valence-corrected chi connectivity index (χ3v) is 2.62. The average Bonchev–Trinajstić information content (AvgIpc) is 2.19. The van der Waals surface area contributed by atoms with Crippen LogP contribution in [0.25, 0.3) is 0 Å². The van der Waals surface area contributed by atoms with E-state index in [0.717, 1.165) is 32.1 Å². The van der Waals surface area contributed by atoms with Crippen LogP contribution in [-0.2, 0) is 0 Å². The van der Waals surface area contributed by atoms with Crippen molar-refractivity contribution in [2.24, 2.45) is 0 Å². The Hall–Kier alpha value is -1.36. The van der Waals surface area contributed by atoms with Crippen LogP contribution in [0.1, 0.15) is 0 Å². The van der Waals surface area contributed by atoms with E-state index in [-0.39, 0.29) is 0 Å². The summed E-state index contributed by atoms with van der Waals surface area (Å²) in [5, 5.41) is 0. The lowest BCUT2D eigenvalue weighted by Crippen LogP contribution is -3.12. The molecule has 0 spiro atoms. The topological polar surface area (TPSA) is 60.7 Å². The number of anilines is 2. The van der Waals surface area contributed by atoms with Crippen molar-refractivity contribution >= 4 is 11.8 Å². The van der Waals surface area contributed by atoms with Gasteiger partial charge in [0.05, 0.1) is 13.2 Å². The van der Waals surface area contributed by atoms with Crippen molar-refractivity contribution < 1.29 is 9.88 Å². The van der Waals surface area contributed by atoms with Gasteiger partial charge in [-0.2, -0.15) is 0 Å². The first-order valence-electron chi connectivity index (χ1n) is 4.96. The van der Waals surface area contributed by atoms with Crippen molar-refractivity contribution in [2.45, 2.75) is 0 Å². The molecule has 0 aliphatic carbocycles. The minimum absolute atomic E-state index is 0.574. The summed E-state index contributed by atoms with van der Waals surface area (Å²) in [6.07, 6.45) is 1.84. The van der Waals surface area contributed by atoms with Crippen LogP contribution in [0.4, 0.5) is 11.8 Å². The first-order valence-corrected chi connectivity index (χ1v) is 4.96. The molecule has 0 unspecified atom stereocenters. The molecule has 1 saturated heterocycles. The second kappa shape index (κ2) is 3.79. The van der Waals surface area contributed by atoms with Crippen LogP contribution in [0.15, 0.2) is 12.3 Å². The molecule has 2 rings (SSSR count). The van der Waals surface area contributed by atoms with E-state index in [1.165, 1.54) is 0 Å². The Balaban J connectivity index is 2.08. The molecule has 2 heterocycles. The number of hydrogen-bond donors (Lipinski definition) is 2. The number of nitrogens with zero attached hydrogens (tertiary/aromatic N) is 2. The Bertz CT molecular complexity index is 306. The summed E-state index contributed by atoms with van der Waals surface area (Å²) in [6.45, 7) is 4.40. The number of hydrogen-bond acceptors (Lipinski definition) is 3. The van der Waals surface area contributed by atoms with Gasteiger partial charge in [0.15, 0.2) is 0 Å². The summed E-state index contributed by atoms with van der Waals surface area (Å²) in [6, 6.07) is 1.77. The molecule has 14 heavy (non-hydrogen) atoms. The minimum atomic E-state index is 0.574. The zero-order valence-electron chi connectivity index (χ0n) is 8.45. The molecule has 4 N–H and O–H groups in total. The summed E-state index contributed by atoms with van der Waals surface area (Å²) >= 11 is 0. The third kappa shape index (κ3) is 1.93. The molecule has 0 bridgehead atoms. The standard InChI is InChI=1S/C9H15N5/c1-13-4-6-14(7-5-13)9-11-3-2-8(10)12-9/h2-3H,4-7H2,1H3,(H2,10,11,12)/p+2. The van der Waals surface area contributed by atoms with Gasteiger partial charge in [0.25, 0.3) is 0 Å². The molecule has 1 aromatic heterocycles. The second-order valence-electron chi connectivity index (χ2n) is 3.78. The fourth-order valence-corrected chi connectivity index (χ4v) is 1.66. The van der Waals surface area contributed by atoms with Gasteiger partial charge < -0.3 is 10.6 Å². The lowest BCUT2D eigenvalue weighted by molar-refractivity contribution is -0.880. The largest absolute Gasteiger partial charge is 0.394 e. The van der Waals surface area contributed by atoms with Crippen LogP contribution in [-0.4, -0.2) is 38.2 Å². The van der Waals surface area contributed by atoms with Gasteiger partial charge in [-0.1, -0.05) is 4.98 Å². The van der Waals surface area contributed by atoms with Crippen molar-refractivity contribution in [3.05, 3.63) is 12.3 Å². The molecule has 5 heteroatoms. The van der Waals surface area contributed by atoms with E-state index in [2.05, 4.69) is 21.9 Å². The predicted octanol–water partition coefficient (Wildman–Crippen LogP) is -2.19. The SMILES string of the molecule is C[NH+]1CCN(c2nc(N)cc[nH+]2)CC1. The zero-order valence-corrected chi connectivity index (χ0v) is 8.45. The zero-order chi connectivity index (χ0) is 9.97. The summed E-state index contributed by atoms with van der Waals surface area (Å²) in [5.41, 5.74) is 5.63. The summed E-state index contributed by atoms with van der Waals surface area (Å²) in [5.74, 6) is 1.46. The molecule has 1 aliphatic heterocycles. The van der Waals surface area contributed by atoms with Crippen LogP contribution in [0.3, 0.4) is 0 Å². The first kappa shape index (κ1) is 9.21. The van der Waals surface area contributed by atoms with Crippen LogP contribution in [0.5, 0.6) is 0 Å². The van der Waals surface area contributed by atoms with Crippen LogP contribution >= 0.6 is 0 Å². The number of likely N-dealkylation sites (N-methyl/N-ethyl adjacent to an activating group) is 1. The van der Waals surface area contributed by atoms with Gasteiger partial charge in [0.2, 0.25) is 5.82 Å². The highest BCUT2D eigenvalue weighted by molar-refractivity contribution is 5.33. The van der Waals surface area contributed by atoms with E-state index in [9.17, 15) is 0 Å². The van der Waals surface area contributed by atoms with Gasteiger partial charge in [0.1, 0.15) is 26.2 Å². The monoisotopic (exact) mass is 195 g/mol. The van der Waals surface area contributed by atoms with Crippen LogP contribution in [0, 0.1) is 0 Å². The summed E-state index contributed by atoms with van der Waals surface area (Å²) in [7, 11) is 2.22. The van der Waals surface area contributed by atoms with E-state index in [1.807, 2.05) is 6.20 Å². The van der Waals surface area contributed by atoms with Crippen molar-refractivity contribution in [3.63, 3.8) is 0 Å². The average molecular weight is 195 g/mol. The van der Waals surface area contributed by atoms with Gasteiger partial charge in [-0.25, -0.2) is 4.98 Å². The Morgan fingerprint density at radius 2 is 2.21 bits per heavy atom. The maximum atomic E-state index is 5.63. The molecular weight excluding hydrogens is 178 g/mol. The predicted molar refractivity (Wildman–Crippen MR) is 54.0 cm³/mol. The molecule has 0 radical (unpaired) electrons. The highest BCUT2D eigenvalue weighted by atomic mass is 15.3. The molecule has 0 atom stereocenters. The first-order chi connectivity index (χ1) is 6.75. The fourth-order valence-electron chi connectivity index (χ4n) is 1.66. The van der Waals surface area contributed by atoms with Crippen molar-refractivity contribution in [3.8, 4) is 0 Å². The fraction of sp³-hybridized carbons (Fsp3) is 0.556. The molecule has 0 amide bonds. The number of H-pyrrole nitrogens is 1. The van der Waals surface area contributed by atoms with E-state index < -0.39 is 0 Å². The molecule has 1 aliphatic rings. The molecule has 76 valence electrons. The van der Waals surface area contributed by atoms with Crippen LogP contribution in [0.2, 0.25) is 0 Å². The molecule has 0 saturated carbocycles. The lowest BCUT2D eigenvalue weighted by Gasteiger charge is -2.25. The van der Waals surface area contributed by atoms with E-state index in [1.54, 1.807) is 11.0 Å². The molecule has 1 aromatic rings. The third-order valence-electron chi connectivity index (χ3n) is 2.62. The van der Waals surface area contributed by atoms with Gasteiger partial charge >= 0.3 is 5.95 Å². The van der Waals surface area contributed by atoms with Gasteiger partial charge in [0, 0.05) is 6.07 Å². The van der Waals surface area contributed by atoms with Gasteiger partial charge in [-0.05, 0) is 0 Å². The molecule has 5 nitrogen and oxygen atoms in total. The number of aromatic amines is 1. The maximum absolute atomic E-state index is 5.63. The molecule has 1 fully saturated rings. The van der Waals surface area contributed by atoms with E-state index in [0.29, 0.717) is 5.82 Å². The van der Waals surface area contributed by atoms with Gasteiger partial charge in [-0.15, -0.1) is 0 Å². The quantitative estimate of drug-likeness (QED) is 0.535. The smallest absolute Gasteiger partial charge is 0.370 e. The van der Waals surface area contributed by atoms with Crippen molar-refractivity contribution in [2.75, 3.05) is 43.9 Å². The van der Waals surface area contributed by atoms with Crippen molar-refractivity contribution in [1.29, 1.82) is 0 Å². The number of piperazine rings is 1. The summed E-state index contributed by atoms with van der Waals surface area (Å²) in [4.78, 5) is 11.2. The molecular formula is C9H17N5+2. The number of nitrogen functional groups attached to an aromatic ring is 1.